The minimum absolute atomic E-state index is 0. The SMILES string of the molecule is C[CH2][Hg].O=S(=O)(O)S.[NaH]. The first-order chi connectivity index (χ1) is 3.41. The first-order valence-electron chi connectivity index (χ1n) is 1.91. The fraction of sp³-hybridized carbons (Fsp3) is 1.00. The van der Waals surface area contributed by atoms with Gasteiger partial charge in [-0.25, -0.2) is 0 Å². The molecule has 0 saturated carbocycles. The summed E-state index contributed by atoms with van der Waals surface area (Å²) in [7, 11) is -3.97. The summed E-state index contributed by atoms with van der Waals surface area (Å²) < 4.78 is 26.9. The fourth-order valence-electron chi connectivity index (χ4n) is 0. The summed E-state index contributed by atoms with van der Waals surface area (Å²) in [5.41, 5.74) is 0. The van der Waals surface area contributed by atoms with Gasteiger partial charge in [-0.2, -0.15) is 8.42 Å². The molecule has 0 aliphatic heterocycles. The summed E-state index contributed by atoms with van der Waals surface area (Å²) in [6, 6.07) is 0. The van der Waals surface area contributed by atoms with Crippen molar-refractivity contribution in [1.82, 2.24) is 0 Å². The molecule has 7 heteroatoms. The predicted octanol–water partition coefficient (Wildman–Crippen LogP) is 0.0419. The molecule has 0 bridgehead atoms. The van der Waals surface area contributed by atoms with E-state index in [2.05, 4.69) is 18.6 Å². The molecule has 0 heterocycles. The van der Waals surface area contributed by atoms with Gasteiger partial charge in [0.2, 0.25) is 0 Å². The van der Waals surface area contributed by atoms with E-state index in [4.69, 9.17) is 13.0 Å². The standard InChI is InChI=1S/C2H5.Hg.Na.H2O3S2.H/c1-2;;;1-5(2,3)4;/h1H2,2H3;;;(H2,1,2,3,4);. The average Bonchev–Trinajstić information content (AvgIpc) is 1.27. The monoisotopic (exact) mass is 369 g/mol. The molecule has 1 N–H and O–H groups in total. The van der Waals surface area contributed by atoms with Gasteiger partial charge in [-0.05, 0) is 11.7 Å². The van der Waals surface area contributed by atoms with E-state index in [-0.39, 0.29) is 29.6 Å². The first-order valence-corrected chi connectivity index (χ1v) is 8.29. The summed E-state index contributed by atoms with van der Waals surface area (Å²) in [5, 5.41) is 0. The summed E-state index contributed by atoms with van der Waals surface area (Å²) >= 11 is 3.72. The summed E-state index contributed by atoms with van der Waals surface area (Å²) in [6.07, 6.45) is 0. The molecule has 0 rings (SSSR count). The van der Waals surface area contributed by atoms with E-state index in [0.29, 0.717) is 0 Å². The topological polar surface area (TPSA) is 54.4 Å². The molecule has 0 atom stereocenters. The molecule has 0 aliphatic carbocycles. The zero-order valence-corrected chi connectivity index (χ0v) is 11.7. The van der Waals surface area contributed by atoms with Crippen LogP contribution in [0.3, 0.4) is 0 Å². The van der Waals surface area contributed by atoms with E-state index in [1.807, 2.05) is 0 Å². The number of hydrogen-bond donors (Lipinski definition) is 2. The molecular formula is C2H8HgNaO3S2. The molecule has 0 amide bonds. The van der Waals surface area contributed by atoms with Crippen LogP contribution in [0, 0.1) is 0 Å². The Morgan fingerprint density at radius 3 is 1.67 bits per heavy atom. The van der Waals surface area contributed by atoms with E-state index in [9.17, 15) is 0 Å². The maximum absolute atomic E-state index is 9.05. The molecule has 9 heavy (non-hydrogen) atoms. The molecule has 3 nitrogen and oxygen atoms in total. The maximum atomic E-state index is 9.05. The second-order valence-corrected chi connectivity index (χ2v) is 7.12. The van der Waals surface area contributed by atoms with Crippen molar-refractivity contribution in [2.45, 2.75) is 10.9 Å². The second-order valence-electron chi connectivity index (χ2n) is 0.948. The third-order valence-corrected chi connectivity index (χ3v) is 0. The Morgan fingerprint density at radius 1 is 1.67 bits per heavy atom. The van der Waals surface area contributed by atoms with Crippen molar-refractivity contribution >= 4 is 50.4 Å². The third kappa shape index (κ3) is 142. The van der Waals surface area contributed by atoms with Crippen molar-refractivity contribution in [3.63, 3.8) is 0 Å². The Bertz CT molecular complexity index is 114. The van der Waals surface area contributed by atoms with Crippen LogP contribution in [-0.4, -0.2) is 42.5 Å². The molecule has 0 fully saturated rings. The van der Waals surface area contributed by atoms with Gasteiger partial charge in [0, 0.05) is 0 Å². The van der Waals surface area contributed by atoms with E-state index >= 15 is 0 Å². The van der Waals surface area contributed by atoms with Crippen LogP contribution in [0.2, 0.25) is 3.93 Å². The van der Waals surface area contributed by atoms with Crippen molar-refractivity contribution < 1.29 is 39.1 Å². The summed E-state index contributed by atoms with van der Waals surface area (Å²) in [5.74, 6) is 0. The minimum atomic E-state index is -3.97. The van der Waals surface area contributed by atoms with Crippen LogP contribution in [0.25, 0.3) is 0 Å². The first kappa shape index (κ1) is 17.3. The summed E-state index contributed by atoms with van der Waals surface area (Å²) in [6.45, 7) is 2.21. The van der Waals surface area contributed by atoms with Crippen molar-refractivity contribution in [3.8, 4) is 0 Å². The Hall–Kier alpha value is 2.20. The molecule has 0 saturated heterocycles. The van der Waals surface area contributed by atoms with Gasteiger partial charge in [-0.15, -0.1) is 0 Å². The van der Waals surface area contributed by atoms with Gasteiger partial charge in [0.05, 0.1) is 0 Å². The molecule has 0 spiro atoms. The molecule has 0 aliphatic rings. The molecular weight excluding hydrogens is 360 g/mol. The van der Waals surface area contributed by atoms with Gasteiger partial charge in [-0.1, -0.05) is 0 Å². The molecule has 49 valence electrons. The molecule has 0 aromatic carbocycles. The van der Waals surface area contributed by atoms with Crippen LogP contribution in [0.5, 0.6) is 0 Å². The van der Waals surface area contributed by atoms with Gasteiger partial charge >= 0.3 is 75.7 Å². The van der Waals surface area contributed by atoms with Crippen molar-refractivity contribution in [2.75, 3.05) is 0 Å². The molecule has 0 aromatic heterocycles. The van der Waals surface area contributed by atoms with Gasteiger partial charge in [0.25, 0.3) is 0 Å². The Labute approximate surface area is 98.8 Å². The Balaban J connectivity index is -0.0000000800. The van der Waals surface area contributed by atoms with E-state index in [1.54, 1.807) is 0 Å². The average molecular weight is 368 g/mol. The van der Waals surface area contributed by atoms with E-state index in [1.165, 1.54) is 3.93 Å². The predicted molar refractivity (Wildman–Crippen MR) is 38.2 cm³/mol. The van der Waals surface area contributed by atoms with Crippen molar-refractivity contribution in [1.29, 1.82) is 0 Å². The molecule has 0 radical (unpaired) electrons. The van der Waals surface area contributed by atoms with E-state index < -0.39 is 9.15 Å². The normalized spacial score (nSPS) is 8.56. The fourth-order valence-corrected chi connectivity index (χ4v) is 0. The zero-order chi connectivity index (χ0) is 7.21. The number of thiol groups is 1. The van der Waals surface area contributed by atoms with Crippen LogP contribution >= 0.6 is 11.7 Å². The van der Waals surface area contributed by atoms with Gasteiger partial charge in [0.15, 0.2) is 0 Å². The van der Waals surface area contributed by atoms with Crippen LogP contribution in [0.15, 0.2) is 0 Å². The van der Waals surface area contributed by atoms with Crippen LogP contribution < -0.4 is 0 Å². The van der Waals surface area contributed by atoms with Crippen LogP contribution in [0.4, 0.5) is 0 Å². The zero-order valence-electron chi connectivity index (χ0n) is 4.53. The number of rotatable bonds is 0. The summed E-state index contributed by atoms with van der Waals surface area (Å²) in [4.78, 5) is 0. The molecule has 0 unspecified atom stereocenters. The second kappa shape index (κ2) is 10.2. The Morgan fingerprint density at radius 2 is 1.67 bits per heavy atom. The number of hydrogen-bond acceptors (Lipinski definition) is 2. The quantitative estimate of drug-likeness (QED) is 0.275. The van der Waals surface area contributed by atoms with Crippen LogP contribution in [0.1, 0.15) is 6.92 Å². The molecule has 0 aromatic rings. The Kier molecular flexibility index (Phi) is 19.6. The van der Waals surface area contributed by atoms with Crippen molar-refractivity contribution in [2.24, 2.45) is 0 Å². The van der Waals surface area contributed by atoms with Crippen molar-refractivity contribution in [3.05, 3.63) is 0 Å². The van der Waals surface area contributed by atoms with E-state index in [0.717, 1.165) is 26.1 Å². The van der Waals surface area contributed by atoms with Gasteiger partial charge in [0.1, 0.15) is 0 Å². The van der Waals surface area contributed by atoms with Gasteiger partial charge < -0.3 is 0 Å². The third-order valence-electron chi connectivity index (χ3n) is 0. The van der Waals surface area contributed by atoms with Crippen LogP contribution in [-0.2, 0) is 35.3 Å². The van der Waals surface area contributed by atoms with Gasteiger partial charge in [-0.3, -0.25) is 4.55 Å².